The van der Waals surface area contributed by atoms with Crippen LogP contribution in [0.3, 0.4) is 0 Å². The first-order valence-electron chi connectivity index (χ1n) is 6.39. The first kappa shape index (κ1) is 14.8. The molecule has 0 aromatic carbocycles. The van der Waals surface area contributed by atoms with Gasteiger partial charge in [-0.1, -0.05) is 6.07 Å². The highest BCUT2D eigenvalue weighted by molar-refractivity contribution is 9.10. The van der Waals surface area contributed by atoms with E-state index in [1.54, 1.807) is 0 Å². The summed E-state index contributed by atoms with van der Waals surface area (Å²) >= 11 is 3.46. The van der Waals surface area contributed by atoms with Crippen molar-refractivity contribution in [2.45, 2.75) is 39.3 Å². The fourth-order valence-corrected chi connectivity index (χ4v) is 2.20. The van der Waals surface area contributed by atoms with Crippen molar-refractivity contribution in [3.05, 3.63) is 34.7 Å². The lowest BCUT2D eigenvalue weighted by Crippen LogP contribution is -2.34. The van der Waals surface area contributed by atoms with Gasteiger partial charge in [-0.3, -0.25) is 4.40 Å². The van der Waals surface area contributed by atoms with Crippen molar-refractivity contribution in [3.8, 4) is 0 Å². The second kappa shape index (κ2) is 5.44. The number of ether oxygens (including phenoxy) is 1. The number of fused-ring (bicyclic) bond motifs is 1. The number of hydrogen-bond acceptors (Lipinski definition) is 3. The molecule has 0 saturated carbocycles. The van der Waals surface area contributed by atoms with Gasteiger partial charge in [0.05, 0.1) is 16.3 Å². The maximum absolute atomic E-state index is 11.7. The predicted octanol–water partition coefficient (Wildman–Crippen LogP) is 3.68. The number of amides is 1. The molecule has 1 atom stereocenters. The topological polar surface area (TPSA) is 55.6 Å². The molecular weight excluding hydrogens is 322 g/mol. The molecule has 2 aromatic rings. The molecule has 0 aliphatic heterocycles. The fourth-order valence-electron chi connectivity index (χ4n) is 1.76. The third kappa shape index (κ3) is 3.50. The Hall–Kier alpha value is -1.56. The van der Waals surface area contributed by atoms with Crippen LogP contribution in [0.5, 0.6) is 0 Å². The minimum atomic E-state index is -0.508. The number of aromatic nitrogens is 2. The Labute approximate surface area is 126 Å². The Balaban J connectivity index is 2.13. The normalized spacial score (nSPS) is 13.2. The van der Waals surface area contributed by atoms with Crippen LogP contribution in [0.2, 0.25) is 0 Å². The highest BCUT2D eigenvalue weighted by atomic mass is 79.9. The summed E-state index contributed by atoms with van der Waals surface area (Å²) < 4.78 is 8.07. The lowest BCUT2D eigenvalue weighted by molar-refractivity contribution is 0.0507. The molecule has 1 N–H and O–H groups in total. The Bertz CT molecular complexity index is 631. The van der Waals surface area contributed by atoms with Crippen LogP contribution in [-0.2, 0) is 4.74 Å². The minimum Gasteiger partial charge on any atom is -0.444 e. The molecule has 0 aliphatic carbocycles. The lowest BCUT2D eigenvalue weighted by atomic mass is 10.2. The molecular formula is C14H18BrN3O2. The predicted molar refractivity (Wildman–Crippen MR) is 80.7 cm³/mol. The molecule has 108 valence electrons. The van der Waals surface area contributed by atoms with Crippen LogP contribution in [0.25, 0.3) is 5.65 Å². The number of pyridine rings is 1. The molecule has 1 amide bonds. The largest absolute Gasteiger partial charge is 0.444 e. The van der Waals surface area contributed by atoms with Crippen LogP contribution in [0.15, 0.2) is 29.0 Å². The number of imidazole rings is 1. The third-order valence-corrected chi connectivity index (χ3v) is 3.28. The van der Waals surface area contributed by atoms with Crippen LogP contribution >= 0.6 is 15.9 Å². The summed E-state index contributed by atoms with van der Waals surface area (Å²) in [4.78, 5) is 16.2. The van der Waals surface area contributed by atoms with Crippen molar-refractivity contribution in [2.24, 2.45) is 0 Å². The maximum atomic E-state index is 11.7. The van der Waals surface area contributed by atoms with E-state index in [9.17, 15) is 4.79 Å². The molecule has 2 rings (SSSR count). The number of hydrogen-bond donors (Lipinski definition) is 1. The molecule has 0 unspecified atom stereocenters. The maximum Gasteiger partial charge on any atom is 0.408 e. The van der Waals surface area contributed by atoms with Crippen LogP contribution in [0, 0.1) is 0 Å². The summed E-state index contributed by atoms with van der Waals surface area (Å²) in [6.45, 7) is 7.37. The van der Waals surface area contributed by atoms with Crippen LogP contribution < -0.4 is 5.32 Å². The number of rotatable bonds is 2. The van der Waals surface area contributed by atoms with Crippen LogP contribution in [0.1, 0.15) is 39.4 Å². The van der Waals surface area contributed by atoms with Gasteiger partial charge in [-0.25, -0.2) is 9.78 Å². The van der Waals surface area contributed by atoms with Crippen molar-refractivity contribution >= 4 is 27.7 Å². The monoisotopic (exact) mass is 339 g/mol. The number of nitrogens with zero attached hydrogens (tertiary/aromatic N) is 2. The zero-order valence-corrected chi connectivity index (χ0v) is 13.6. The molecule has 0 spiro atoms. The van der Waals surface area contributed by atoms with E-state index in [0.717, 1.165) is 15.9 Å². The summed E-state index contributed by atoms with van der Waals surface area (Å²) in [6.07, 6.45) is 1.45. The van der Waals surface area contributed by atoms with E-state index in [-0.39, 0.29) is 6.04 Å². The molecule has 2 heterocycles. The van der Waals surface area contributed by atoms with Gasteiger partial charge < -0.3 is 10.1 Å². The Morgan fingerprint density at radius 3 is 2.75 bits per heavy atom. The van der Waals surface area contributed by atoms with E-state index >= 15 is 0 Å². The summed E-state index contributed by atoms with van der Waals surface area (Å²) in [5, 5.41) is 2.78. The molecule has 0 bridgehead atoms. The number of carbonyl (C=O) groups excluding carboxylic acids is 1. The summed E-state index contributed by atoms with van der Waals surface area (Å²) in [7, 11) is 0. The standard InChI is InChI=1S/C14H18BrN3O2/c1-9(16-13(19)20-14(2,3)4)10-8-18-11(15)6-5-7-12(18)17-10/h5-9H,1-4H3,(H,16,19)/t9-/m1/s1. The Morgan fingerprint density at radius 1 is 1.45 bits per heavy atom. The highest BCUT2D eigenvalue weighted by Crippen LogP contribution is 2.18. The van der Waals surface area contributed by atoms with E-state index in [2.05, 4.69) is 26.2 Å². The van der Waals surface area contributed by atoms with E-state index < -0.39 is 11.7 Å². The quantitative estimate of drug-likeness (QED) is 0.849. The fraction of sp³-hybridized carbons (Fsp3) is 0.429. The molecule has 0 radical (unpaired) electrons. The average molecular weight is 340 g/mol. The molecule has 6 heteroatoms. The van der Waals surface area contributed by atoms with Gasteiger partial charge in [0.2, 0.25) is 0 Å². The minimum absolute atomic E-state index is 0.225. The first-order chi connectivity index (χ1) is 9.26. The van der Waals surface area contributed by atoms with E-state index in [4.69, 9.17) is 4.74 Å². The number of carbonyl (C=O) groups is 1. The van der Waals surface area contributed by atoms with Crippen molar-refractivity contribution in [1.29, 1.82) is 0 Å². The van der Waals surface area contributed by atoms with Gasteiger partial charge in [0.15, 0.2) is 0 Å². The van der Waals surface area contributed by atoms with E-state index in [1.807, 2.05) is 56.5 Å². The van der Waals surface area contributed by atoms with Crippen molar-refractivity contribution < 1.29 is 9.53 Å². The first-order valence-corrected chi connectivity index (χ1v) is 7.18. The number of halogens is 1. The van der Waals surface area contributed by atoms with Crippen LogP contribution in [0.4, 0.5) is 4.79 Å². The van der Waals surface area contributed by atoms with Gasteiger partial charge in [-0.05, 0) is 55.8 Å². The molecule has 20 heavy (non-hydrogen) atoms. The lowest BCUT2D eigenvalue weighted by Gasteiger charge is -2.21. The van der Waals surface area contributed by atoms with Gasteiger partial charge >= 0.3 is 6.09 Å². The van der Waals surface area contributed by atoms with E-state index in [1.165, 1.54) is 0 Å². The Morgan fingerprint density at radius 2 is 2.15 bits per heavy atom. The smallest absolute Gasteiger partial charge is 0.408 e. The van der Waals surface area contributed by atoms with Crippen molar-refractivity contribution in [1.82, 2.24) is 14.7 Å². The molecule has 0 aliphatic rings. The van der Waals surface area contributed by atoms with Gasteiger partial charge in [-0.15, -0.1) is 0 Å². The summed E-state index contributed by atoms with van der Waals surface area (Å²) in [5.74, 6) is 0. The van der Waals surface area contributed by atoms with Gasteiger partial charge in [-0.2, -0.15) is 0 Å². The van der Waals surface area contributed by atoms with Crippen LogP contribution in [-0.4, -0.2) is 21.1 Å². The summed E-state index contributed by atoms with van der Waals surface area (Å²) in [5.41, 5.74) is 1.10. The summed E-state index contributed by atoms with van der Waals surface area (Å²) in [6, 6.07) is 5.54. The molecule has 0 fully saturated rings. The second-order valence-electron chi connectivity index (χ2n) is 5.61. The van der Waals surface area contributed by atoms with Gasteiger partial charge in [0, 0.05) is 6.20 Å². The zero-order chi connectivity index (χ0) is 14.9. The van der Waals surface area contributed by atoms with Gasteiger partial charge in [0.1, 0.15) is 11.2 Å². The average Bonchev–Trinajstić information content (AvgIpc) is 2.71. The van der Waals surface area contributed by atoms with Crippen molar-refractivity contribution in [3.63, 3.8) is 0 Å². The molecule has 0 saturated heterocycles. The molecule has 5 nitrogen and oxygen atoms in total. The van der Waals surface area contributed by atoms with E-state index in [0.29, 0.717) is 0 Å². The third-order valence-electron chi connectivity index (χ3n) is 2.64. The highest BCUT2D eigenvalue weighted by Gasteiger charge is 2.19. The number of nitrogens with one attached hydrogen (secondary N) is 1. The molecule has 2 aromatic heterocycles. The second-order valence-corrected chi connectivity index (χ2v) is 6.42. The van der Waals surface area contributed by atoms with Crippen molar-refractivity contribution in [2.75, 3.05) is 0 Å². The zero-order valence-electron chi connectivity index (χ0n) is 12.0. The number of alkyl carbamates (subject to hydrolysis) is 1. The Kier molecular flexibility index (Phi) is 4.04. The van der Waals surface area contributed by atoms with Gasteiger partial charge in [0.25, 0.3) is 0 Å². The SMILES string of the molecule is C[C@@H](NC(=O)OC(C)(C)C)c1cn2c(Br)cccc2n1.